The van der Waals surface area contributed by atoms with Gasteiger partial charge in [-0.2, -0.15) is 0 Å². The Morgan fingerprint density at radius 2 is 2.07 bits per heavy atom. The Balaban J connectivity index is 2.75. The minimum atomic E-state index is -0.524. The highest BCUT2D eigenvalue weighted by molar-refractivity contribution is 6.08. The second-order valence-electron chi connectivity index (χ2n) is 6.58. The molecule has 1 heterocycles. The maximum atomic E-state index is 14.7. The standard InChI is InChI=1S/C22H26FNO3/c1-7-27-22(25)18-13-24(15(4)5)16(11-14(2)3)12-17(18)21-19(23)9-8-10-20(21)26-6/h8-14H,4,7H2,1-3,5-6H3/b16-11-. The summed E-state index contributed by atoms with van der Waals surface area (Å²) in [6.45, 7) is 11.9. The normalized spacial score (nSPS) is 15.5. The third kappa shape index (κ3) is 4.48. The van der Waals surface area contributed by atoms with E-state index in [1.165, 1.54) is 13.2 Å². The van der Waals surface area contributed by atoms with Crippen molar-refractivity contribution >= 4 is 11.5 Å². The smallest absolute Gasteiger partial charge is 0.340 e. The van der Waals surface area contributed by atoms with Crippen molar-refractivity contribution in [2.24, 2.45) is 5.92 Å². The number of hydrogen-bond acceptors (Lipinski definition) is 4. The predicted octanol–water partition coefficient (Wildman–Crippen LogP) is 5.05. The van der Waals surface area contributed by atoms with Gasteiger partial charge in [0.25, 0.3) is 0 Å². The fourth-order valence-electron chi connectivity index (χ4n) is 2.88. The molecule has 0 amide bonds. The average Bonchev–Trinajstić information content (AvgIpc) is 2.60. The molecule has 0 aliphatic carbocycles. The number of halogens is 1. The predicted molar refractivity (Wildman–Crippen MR) is 105 cm³/mol. The lowest BCUT2D eigenvalue weighted by Crippen LogP contribution is -2.22. The fraction of sp³-hybridized carbons (Fsp3) is 0.318. The van der Waals surface area contributed by atoms with E-state index in [0.717, 1.165) is 11.4 Å². The Hall–Kier alpha value is -2.82. The molecule has 0 atom stereocenters. The van der Waals surface area contributed by atoms with E-state index in [0.29, 0.717) is 11.3 Å². The minimum Gasteiger partial charge on any atom is -0.496 e. The molecule has 0 bridgehead atoms. The van der Waals surface area contributed by atoms with Gasteiger partial charge in [0.1, 0.15) is 11.6 Å². The molecule has 0 unspecified atom stereocenters. The lowest BCUT2D eigenvalue weighted by atomic mass is 9.92. The first-order chi connectivity index (χ1) is 12.8. The number of benzene rings is 1. The zero-order valence-corrected chi connectivity index (χ0v) is 16.5. The van der Waals surface area contributed by atoms with Gasteiger partial charge in [-0.25, -0.2) is 9.18 Å². The maximum Gasteiger partial charge on any atom is 0.340 e. The lowest BCUT2D eigenvalue weighted by Gasteiger charge is -2.29. The van der Waals surface area contributed by atoms with Gasteiger partial charge < -0.3 is 14.4 Å². The largest absolute Gasteiger partial charge is 0.496 e. The van der Waals surface area contributed by atoms with Gasteiger partial charge in [-0.3, -0.25) is 0 Å². The molecular formula is C22H26FNO3. The molecule has 1 aliphatic heterocycles. The van der Waals surface area contributed by atoms with Crippen molar-refractivity contribution in [3.8, 4) is 5.75 Å². The van der Waals surface area contributed by atoms with Crippen molar-refractivity contribution in [1.82, 2.24) is 4.90 Å². The second-order valence-corrected chi connectivity index (χ2v) is 6.58. The molecule has 0 radical (unpaired) electrons. The van der Waals surface area contributed by atoms with E-state index in [1.54, 1.807) is 31.3 Å². The van der Waals surface area contributed by atoms with Crippen LogP contribution in [0.2, 0.25) is 0 Å². The van der Waals surface area contributed by atoms with Crippen LogP contribution < -0.4 is 4.74 Å². The Morgan fingerprint density at radius 1 is 1.37 bits per heavy atom. The monoisotopic (exact) mass is 371 g/mol. The quantitative estimate of drug-likeness (QED) is 0.656. The van der Waals surface area contributed by atoms with Gasteiger partial charge in [-0.05, 0) is 38.0 Å². The van der Waals surface area contributed by atoms with E-state index in [-0.39, 0.29) is 23.7 Å². The van der Waals surface area contributed by atoms with Gasteiger partial charge >= 0.3 is 5.97 Å². The Kier molecular flexibility index (Phi) is 6.61. The molecule has 1 aromatic carbocycles. The van der Waals surface area contributed by atoms with Crippen molar-refractivity contribution in [2.45, 2.75) is 27.7 Å². The highest BCUT2D eigenvalue weighted by Crippen LogP contribution is 2.39. The summed E-state index contributed by atoms with van der Waals surface area (Å²) in [6.07, 6.45) is 5.46. The molecule has 0 N–H and O–H groups in total. The summed E-state index contributed by atoms with van der Waals surface area (Å²) in [7, 11) is 1.47. The van der Waals surface area contributed by atoms with E-state index in [2.05, 4.69) is 6.58 Å². The summed E-state index contributed by atoms with van der Waals surface area (Å²) >= 11 is 0. The number of hydrogen-bond donors (Lipinski definition) is 0. The Morgan fingerprint density at radius 3 is 2.63 bits per heavy atom. The molecular weight excluding hydrogens is 345 g/mol. The van der Waals surface area contributed by atoms with Gasteiger partial charge in [0.2, 0.25) is 0 Å². The zero-order chi connectivity index (χ0) is 20.1. The van der Waals surface area contributed by atoms with E-state index >= 15 is 0 Å². The molecule has 4 nitrogen and oxygen atoms in total. The van der Waals surface area contributed by atoms with E-state index in [9.17, 15) is 9.18 Å². The highest BCUT2D eigenvalue weighted by atomic mass is 19.1. The molecule has 0 saturated carbocycles. The molecule has 0 spiro atoms. The van der Waals surface area contributed by atoms with Crippen LogP contribution in [0.3, 0.4) is 0 Å². The number of carbonyl (C=O) groups excluding carboxylic acids is 1. The van der Waals surface area contributed by atoms with Gasteiger partial charge in [-0.15, -0.1) is 0 Å². The molecule has 27 heavy (non-hydrogen) atoms. The van der Waals surface area contributed by atoms with Crippen molar-refractivity contribution in [2.75, 3.05) is 13.7 Å². The summed E-state index contributed by atoms with van der Waals surface area (Å²) in [5.74, 6) is -0.393. The molecule has 0 saturated heterocycles. The molecule has 144 valence electrons. The first kappa shape index (κ1) is 20.5. The molecule has 0 aromatic heterocycles. The summed E-state index contributed by atoms with van der Waals surface area (Å²) in [4.78, 5) is 14.4. The SMILES string of the molecule is C=C(C)N1C=C(C(=O)OCC)C(c2c(F)cccc2OC)=C/C1=C/C(C)C. The van der Waals surface area contributed by atoms with Crippen LogP contribution >= 0.6 is 0 Å². The average molecular weight is 371 g/mol. The zero-order valence-electron chi connectivity index (χ0n) is 16.5. The number of allylic oxidation sites excluding steroid dienone is 3. The fourth-order valence-corrected chi connectivity index (χ4v) is 2.88. The van der Waals surface area contributed by atoms with Crippen molar-refractivity contribution < 1.29 is 18.7 Å². The van der Waals surface area contributed by atoms with Crippen LogP contribution in [0.4, 0.5) is 4.39 Å². The van der Waals surface area contributed by atoms with E-state index < -0.39 is 11.8 Å². The van der Waals surface area contributed by atoms with Crippen LogP contribution in [-0.2, 0) is 9.53 Å². The first-order valence-electron chi connectivity index (χ1n) is 8.90. The third-order valence-electron chi connectivity index (χ3n) is 3.99. The van der Waals surface area contributed by atoms with Crippen molar-refractivity contribution in [3.05, 3.63) is 71.5 Å². The van der Waals surface area contributed by atoms with Crippen molar-refractivity contribution in [1.29, 1.82) is 0 Å². The summed E-state index contributed by atoms with van der Waals surface area (Å²) in [6, 6.07) is 4.58. The summed E-state index contributed by atoms with van der Waals surface area (Å²) in [5, 5.41) is 0. The lowest BCUT2D eigenvalue weighted by molar-refractivity contribution is -0.138. The van der Waals surface area contributed by atoms with Crippen LogP contribution in [0, 0.1) is 11.7 Å². The summed E-state index contributed by atoms with van der Waals surface area (Å²) in [5.41, 5.74) is 2.46. The van der Waals surface area contributed by atoms with Gasteiger partial charge in [0, 0.05) is 23.2 Å². The molecule has 2 rings (SSSR count). The van der Waals surface area contributed by atoms with Crippen LogP contribution in [0.25, 0.3) is 5.57 Å². The number of ether oxygens (including phenoxy) is 2. The number of methoxy groups -OCH3 is 1. The highest BCUT2D eigenvalue weighted by Gasteiger charge is 2.28. The Labute approximate surface area is 160 Å². The molecule has 1 aromatic rings. The number of rotatable bonds is 6. The first-order valence-corrected chi connectivity index (χ1v) is 8.90. The Bertz CT molecular complexity index is 834. The van der Waals surface area contributed by atoms with Gasteiger partial charge in [0.05, 0.1) is 24.9 Å². The van der Waals surface area contributed by atoms with Crippen LogP contribution in [-0.4, -0.2) is 24.6 Å². The minimum absolute atomic E-state index is 0.222. The van der Waals surface area contributed by atoms with E-state index in [1.807, 2.05) is 31.7 Å². The van der Waals surface area contributed by atoms with Crippen LogP contribution in [0.1, 0.15) is 33.3 Å². The number of nitrogens with zero attached hydrogens (tertiary/aromatic N) is 1. The topological polar surface area (TPSA) is 38.8 Å². The molecule has 0 fully saturated rings. The molecule has 1 aliphatic rings. The number of carbonyl (C=O) groups is 1. The van der Waals surface area contributed by atoms with Gasteiger partial charge in [0.15, 0.2) is 0 Å². The van der Waals surface area contributed by atoms with Crippen LogP contribution in [0.15, 0.2) is 60.1 Å². The van der Waals surface area contributed by atoms with E-state index in [4.69, 9.17) is 9.47 Å². The van der Waals surface area contributed by atoms with Crippen LogP contribution in [0.5, 0.6) is 5.75 Å². The van der Waals surface area contributed by atoms with Crippen molar-refractivity contribution in [3.63, 3.8) is 0 Å². The third-order valence-corrected chi connectivity index (χ3v) is 3.99. The summed E-state index contributed by atoms with van der Waals surface area (Å²) < 4.78 is 25.3. The maximum absolute atomic E-state index is 14.7. The second kappa shape index (κ2) is 8.71. The number of esters is 1. The van der Waals surface area contributed by atoms with Gasteiger partial charge in [-0.1, -0.05) is 32.6 Å². The molecule has 5 heteroatoms.